The van der Waals surface area contributed by atoms with Crippen LogP contribution in [-0.2, 0) is 0 Å². The number of hydrogen-bond donors (Lipinski definition) is 1. The van der Waals surface area contributed by atoms with Crippen LogP contribution in [0.1, 0.15) is 16.1 Å². The lowest BCUT2D eigenvalue weighted by molar-refractivity contribution is 0.0993. The van der Waals surface area contributed by atoms with E-state index in [-0.39, 0.29) is 11.6 Å². The molecule has 2 rings (SSSR count). The van der Waals surface area contributed by atoms with Gasteiger partial charge in [-0.1, -0.05) is 0 Å². The molecule has 0 aliphatic carbocycles. The largest absolute Gasteiger partial charge is 0.366 e. The van der Waals surface area contributed by atoms with E-state index in [1.165, 1.54) is 17.2 Å². The molecule has 0 aliphatic rings. The summed E-state index contributed by atoms with van der Waals surface area (Å²) >= 11 is 0. The highest BCUT2D eigenvalue weighted by molar-refractivity contribution is 6.05. The van der Waals surface area contributed by atoms with Gasteiger partial charge in [-0.15, -0.1) is 0 Å². The Labute approximate surface area is 98.3 Å². The van der Waals surface area contributed by atoms with Crippen LogP contribution >= 0.6 is 0 Å². The molecule has 2 heterocycles. The first-order chi connectivity index (χ1) is 8.22. The number of carbonyl (C=O) groups excluding carboxylic acids is 1. The molecular formula is C12H10N4O. The van der Waals surface area contributed by atoms with E-state index in [1.54, 1.807) is 31.6 Å². The molecular weight excluding hydrogens is 216 g/mol. The molecule has 1 N–H and O–H groups in total. The molecule has 1 amide bonds. The van der Waals surface area contributed by atoms with Gasteiger partial charge in [0.25, 0.3) is 5.91 Å². The normalized spacial score (nSPS) is 9.65. The topological polar surface area (TPSA) is 72.8 Å². The van der Waals surface area contributed by atoms with Crippen LogP contribution in [0, 0.1) is 11.3 Å². The Morgan fingerprint density at radius 1 is 1.53 bits per heavy atom. The highest BCUT2D eigenvalue weighted by atomic mass is 16.2. The van der Waals surface area contributed by atoms with Crippen LogP contribution in [0.25, 0.3) is 0 Å². The van der Waals surface area contributed by atoms with Gasteiger partial charge in [0.2, 0.25) is 0 Å². The Morgan fingerprint density at radius 2 is 2.35 bits per heavy atom. The second kappa shape index (κ2) is 4.49. The van der Waals surface area contributed by atoms with Gasteiger partial charge in [0.05, 0.1) is 5.69 Å². The SMILES string of the molecule is CN(C(=O)c1ccnc(C#N)c1)c1cc[nH]c1. The number of carbonyl (C=O) groups is 1. The summed E-state index contributed by atoms with van der Waals surface area (Å²) in [7, 11) is 1.68. The molecule has 0 atom stereocenters. The maximum atomic E-state index is 12.1. The number of rotatable bonds is 2. The molecule has 0 radical (unpaired) electrons. The minimum atomic E-state index is -0.177. The minimum Gasteiger partial charge on any atom is -0.366 e. The van der Waals surface area contributed by atoms with Gasteiger partial charge in [-0.2, -0.15) is 5.26 Å². The van der Waals surface area contributed by atoms with Crippen LogP contribution in [0.15, 0.2) is 36.8 Å². The summed E-state index contributed by atoms with van der Waals surface area (Å²) in [6.45, 7) is 0. The van der Waals surface area contributed by atoms with Gasteiger partial charge in [0.1, 0.15) is 11.8 Å². The van der Waals surface area contributed by atoms with Gasteiger partial charge in [0, 0.05) is 31.2 Å². The number of pyridine rings is 1. The van der Waals surface area contributed by atoms with Crippen LogP contribution in [0.4, 0.5) is 5.69 Å². The Morgan fingerprint density at radius 3 is 3.00 bits per heavy atom. The van der Waals surface area contributed by atoms with Crippen molar-refractivity contribution in [3.63, 3.8) is 0 Å². The number of anilines is 1. The average Bonchev–Trinajstić information content (AvgIpc) is 2.91. The summed E-state index contributed by atoms with van der Waals surface area (Å²) in [5.41, 5.74) is 1.45. The summed E-state index contributed by atoms with van der Waals surface area (Å²) in [5.74, 6) is -0.177. The molecule has 0 bridgehead atoms. The van der Waals surface area contributed by atoms with E-state index in [0.717, 1.165) is 5.69 Å². The standard InChI is InChI=1S/C12H10N4O/c1-16(11-3-4-14-8-11)12(17)9-2-5-15-10(6-9)7-13/h2-6,8,14H,1H3. The molecule has 0 spiro atoms. The van der Waals surface area contributed by atoms with Crippen molar-refractivity contribution in [1.29, 1.82) is 5.26 Å². The summed E-state index contributed by atoms with van der Waals surface area (Å²) in [6.07, 6.45) is 4.92. The van der Waals surface area contributed by atoms with Gasteiger partial charge in [0.15, 0.2) is 0 Å². The number of aromatic amines is 1. The van der Waals surface area contributed by atoms with Crippen LogP contribution in [0.2, 0.25) is 0 Å². The second-order valence-electron chi connectivity index (χ2n) is 3.47. The van der Waals surface area contributed by atoms with E-state index >= 15 is 0 Å². The molecule has 84 valence electrons. The van der Waals surface area contributed by atoms with Crippen LogP contribution in [0.5, 0.6) is 0 Å². The first-order valence-corrected chi connectivity index (χ1v) is 4.99. The molecule has 2 aromatic heterocycles. The van der Waals surface area contributed by atoms with Crippen molar-refractivity contribution < 1.29 is 4.79 Å². The van der Waals surface area contributed by atoms with Crippen molar-refractivity contribution in [3.05, 3.63) is 48.0 Å². The number of aromatic nitrogens is 2. The monoisotopic (exact) mass is 226 g/mol. The Balaban J connectivity index is 2.28. The maximum Gasteiger partial charge on any atom is 0.258 e. The average molecular weight is 226 g/mol. The number of nitrogens with one attached hydrogen (secondary N) is 1. The second-order valence-corrected chi connectivity index (χ2v) is 3.47. The molecule has 17 heavy (non-hydrogen) atoms. The zero-order chi connectivity index (χ0) is 12.3. The molecule has 2 aromatic rings. The highest BCUT2D eigenvalue weighted by Gasteiger charge is 2.14. The van der Waals surface area contributed by atoms with Crippen molar-refractivity contribution in [1.82, 2.24) is 9.97 Å². The maximum absolute atomic E-state index is 12.1. The third kappa shape index (κ3) is 2.16. The Bertz CT molecular complexity index is 568. The van der Waals surface area contributed by atoms with Gasteiger partial charge >= 0.3 is 0 Å². The van der Waals surface area contributed by atoms with Crippen LogP contribution < -0.4 is 4.90 Å². The summed E-state index contributed by atoms with van der Waals surface area (Å²) in [4.78, 5) is 20.3. The summed E-state index contributed by atoms with van der Waals surface area (Å²) < 4.78 is 0. The first kappa shape index (κ1) is 10.9. The predicted molar refractivity (Wildman–Crippen MR) is 62.5 cm³/mol. The Kier molecular flexibility index (Phi) is 2.88. The lowest BCUT2D eigenvalue weighted by Gasteiger charge is -2.15. The van der Waals surface area contributed by atoms with Crippen LogP contribution in [0.3, 0.4) is 0 Å². The minimum absolute atomic E-state index is 0.177. The molecule has 5 heteroatoms. The van der Waals surface area contributed by atoms with Gasteiger partial charge in [-0.05, 0) is 18.2 Å². The van der Waals surface area contributed by atoms with E-state index in [0.29, 0.717) is 5.56 Å². The van der Waals surface area contributed by atoms with Gasteiger partial charge in [-0.3, -0.25) is 4.79 Å². The van der Waals surface area contributed by atoms with Gasteiger partial charge < -0.3 is 9.88 Å². The van der Waals surface area contributed by atoms with E-state index in [2.05, 4.69) is 9.97 Å². The third-order valence-corrected chi connectivity index (χ3v) is 2.39. The Hall–Kier alpha value is -2.61. The fraction of sp³-hybridized carbons (Fsp3) is 0.0833. The lowest BCUT2D eigenvalue weighted by Crippen LogP contribution is -2.25. The molecule has 5 nitrogen and oxygen atoms in total. The zero-order valence-corrected chi connectivity index (χ0v) is 9.21. The summed E-state index contributed by atoms with van der Waals surface area (Å²) in [5, 5.41) is 8.72. The quantitative estimate of drug-likeness (QED) is 0.844. The fourth-order valence-corrected chi connectivity index (χ4v) is 1.46. The van der Waals surface area contributed by atoms with Gasteiger partial charge in [-0.25, -0.2) is 4.98 Å². The number of H-pyrrole nitrogens is 1. The van der Waals surface area contributed by atoms with Crippen molar-refractivity contribution in [3.8, 4) is 6.07 Å². The zero-order valence-electron chi connectivity index (χ0n) is 9.21. The highest BCUT2D eigenvalue weighted by Crippen LogP contribution is 2.14. The summed E-state index contributed by atoms with van der Waals surface area (Å²) in [6, 6.07) is 6.77. The van der Waals surface area contributed by atoms with E-state index in [4.69, 9.17) is 5.26 Å². The third-order valence-electron chi connectivity index (χ3n) is 2.39. The number of nitriles is 1. The first-order valence-electron chi connectivity index (χ1n) is 4.99. The van der Waals surface area contributed by atoms with E-state index < -0.39 is 0 Å². The predicted octanol–water partition coefficient (Wildman–Crippen LogP) is 1.56. The fourth-order valence-electron chi connectivity index (χ4n) is 1.46. The number of nitrogens with zero attached hydrogens (tertiary/aromatic N) is 3. The molecule has 0 fully saturated rings. The molecule has 0 saturated carbocycles. The van der Waals surface area contributed by atoms with Crippen molar-refractivity contribution in [2.75, 3.05) is 11.9 Å². The lowest BCUT2D eigenvalue weighted by atomic mass is 10.2. The van der Waals surface area contributed by atoms with E-state index in [9.17, 15) is 4.79 Å². The van der Waals surface area contributed by atoms with E-state index in [1.807, 2.05) is 6.07 Å². The van der Waals surface area contributed by atoms with Crippen LogP contribution in [-0.4, -0.2) is 22.9 Å². The van der Waals surface area contributed by atoms with Crippen molar-refractivity contribution in [2.45, 2.75) is 0 Å². The van der Waals surface area contributed by atoms with Crippen molar-refractivity contribution in [2.24, 2.45) is 0 Å². The number of hydrogen-bond acceptors (Lipinski definition) is 3. The molecule has 0 unspecified atom stereocenters. The number of amides is 1. The van der Waals surface area contributed by atoms with Crippen molar-refractivity contribution >= 4 is 11.6 Å². The molecule has 0 saturated heterocycles. The smallest absolute Gasteiger partial charge is 0.258 e. The molecule has 0 aromatic carbocycles. The molecule has 0 aliphatic heterocycles.